The van der Waals surface area contributed by atoms with Crippen molar-refractivity contribution in [2.24, 2.45) is 5.92 Å². The summed E-state index contributed by atoms with van der Waals surface area (Å²) in [5.74, 6) is -2.61. The van der Waals surface area contributed by atoms with Gasteiger partial charge < -0.3 is 20.7 Å². The number of piperidine rings is 1. The van der Waals surface area contributed by atoms with E-state index in [2.05, 4.69) is 25.9 Å². The van der Waals surface area contributed by atoms with Gasteiger partial charge in [-0.15, -0.1) is 0 Å². The molecule has 218 valence electrons. The zero-order valence-electron chi connectivity index (χ0n) is 23.5. The maximum atomic E-state index is 14.1. The first-order valence-electron chi connectivity index (χ1n) is 14.5. The molecule has 6 rings (SSSR count). The first kappa shape index (κ1) is 28.0. The highest BCUT2D eigenvalue weighted by Crippen LogP contribution is 2.43. The number of halogens is 2. The van der Waals surface area contributed by atoms with Crippen LogP contribution in [0.1, 0.15) is 44.1 Å². The molecule has 0 radical (unpaired) electrons. The highest BCUT2D eigenvalue weighted by Gasteiger charge is 2.44. The van der Waals surface area contributed by atoms with Crippen LogP contribution in [0.15, 0.2) is 60.9 Å². The van der Waals surface area contributed by atoms with Gasteiger partial charge in [-0.1, -0.05) is 24.3 Å². The lowest BCUT2D eigenvalue weighted by molar-refractivity contribution is -0.120. The van der Waals surface area contributed by atoms with Crippen LogP contribution in [0.25, 0.3) is 22.0 Å². The summed E-state index contributed by atoms with van der Waals surface area (Å²) in [5, 5.41) is 11.2. The van der Waals surface area contributed by atoms with Crippen molar-refractivity contribution in [3.8, 4) is 22.9 Å². The summed E-state index contributed by atoms with van der Waals surface area (Å²) < 4.78 is 34.7. The summed E-state index contributed by atoms with van der Waals surface area (Å²) >= 11 is 0. The number of rotatable bonds is 8. The number of hydrogen-bond donors (Lipinski definition) is 3. The molecule has 10 heteroatoms. The maximum absolute atomic E-state index is 14.1. The topological polar surface area (TPSA) is 101 Å². The number of carbonyl (C=O) groups is 1. The number of anilines is 2. The maximum Gasteiger partial charge on any atom is 0.251 e. The van der Waals surface area contributed by atoms with Crippen LogP contribution < -0.4 is 20.7 Å². The Hall–Kier alpha value is -4.18. The molecule has 3 heterocycles. The molecular weight excluding hydrogens is 538 g/mol. The van der Waals surface area contributed by atoms with Gasteiger partial charge in [0.1, 0.15) is 5.75 Å². The number of aryl methyl sites for hydroxylation is 1. The van der Waals surface area contributed by atoms with Crippen molar-refractivity contribution >= 4 is 28.3 Å². The Morgan fingerprint density at radius 1 is 1.05 bits per heavy atom. The molecule has 1 aliphatic heterocycles. The van der Waals surface area contributed by atoms with Crippen molar-refractivity contribution in [1.82, 2.24) is 20.3 Å². The van der Waals surface area contributed by atoms with E-state index in [1.165, 1.54) is 0 Å². The van der Waals surface area contributed by atoms with Gasteiger partial charge in [-0.25, -0.2) is 23.7 Å². The van der Waals surface area contributed by atoms with Crippen molar-refractivity contribution in [2.45, 2.75) is 57.4 Å². The first-order chi connectivity index (χ1) is 20.4. The summed E-state index contributed by atoms with van der Waals surface area (Å²) in [4.78, 5) is 26.5. The molecule has 8 nitrogen and oxygen atoms in total. The second-order valence-electron chi connectivity index (χ2n) is 11.1. The predicted molar refractivity (Wildman–Crippen MR) is 159 cm³/mol. The Labute approximate surface area is 243 Å². The van der Waals surface area contributed by atoms with Crippen LogP contribution in [-0.2, 0) is 4.79 Å². The fourth-order valence-corrected chi connectivity index (χ4v) is 5.86. The molecule has 0 bridgehead atoms. The van der Waals surface area contributed by atoms with Gasteiger partial charge in [0.25, 0.3) is 5.92 Å². The molecule has 2 aliphatic rings. The van der Waals surface area contributed by atoms with E-state index in [1.807, 2.05) is 49.4 Å². The van der Waals surface area contributed by atoms with Crippen LogP contribution in [0.3, 0.4) is 0 Å². The third-order valence-corrected chi connectivity index (χ3v) is 8.11. The number of hydrogen-bond acceptors (Lipinski definition) is 7. The highest BCUT2D eigenvalue weighted by atomic mass is 19.3. The zero-order valence-corrected chi connectivity index (χ0v) is 23.5. The van der Waals surface area contributed by atoms with Gasteiger partial charge in [0.15, 0.2) is 0 Å². The lowest BCUT2D eigenvalue weighted by Gasteiger charge is -2.23. The molecule has 0 spiro atoms. The third-order valence-electron chi connectivity index (χ3n) is 8.11. The largest absolute Gasteiger partial charge is 0.437 e. The molecule has 2 fully saturated rings. The zero-order chi connectivity index (χ0) is 29.1. The van der Waals surface area contributed by atoms with Crippen molar-refractivity contribution in [2.75, 3.05) is 23.7 Å². The van der Waals surface area contributed by atoms with Gasteiger partial charge >= 0.3 is 0 Å². The van der Waals surface area contributed by atoms with Crippen LogP contribution in [0, 0.1) is 12.8 Å². The molecule has 3 N–H and O–H groups in total. The molecule has 1 unspecified atom stereocenters. The van der Waals surface area contributed by atoms with E-state index in [-0.39, 0.29) is 18.9 Å². The second-order valence-corrected chi connectivity index (χ2v) is 11.1. The molecule has 2 atom stereocenters. The van der Waals surface area contributed by atoms with E-state index < -0.39 is 17.7 Å². The Balaban J connectivity index is 1.27. The molecule has 1 saturated carbocycles. The Morgan fingerprint density at radius 3 is 2.76 bits per heavy atom. The van der Waals surface area contributed by atoms with E-state index in [0.717, 1.165) is 42.3 Å². The number of nitrogens with zero attached hydrogens (tertiary/aromatic N) is 3. The van der Waals surface area contributed by atoms with Gasteiger partial charge in [-0.2, -0.15) is 0 Å². The third kappa shape index (κ3) is 6.04. The van der Waals surface area contributed by atoms with Crippen LogP contribution in [0.5, 0.6) is 11.6 Å². The minimum absolute atomic E-state index is 0.153. The monoisotopic (exact) mass is 572 g/mol. The molecular formula is C32H34F2N6O2. The molecule has 1 amide bonds. The van der Waals surface area contributed by atoms with Gasteiger partial charge in [0.05, 0.1) is 11.3 Å². The second kappa shape index (κ2) is 12.0. The Bertz CT molecular complexity index is 1590. The lowest BCUT2D eigenvalue weighted by atomic mass is 10.00. The number of nitrogens with one attached hydrogen (secondary N) is 3. The summed E-state index contributed by atoms with van der Waals surface area (Å²) in [6.45, 7) is 3.83. The average molecular weight is 573 g/mol. The van der Waals surface area contributed by atoms with Crippen molar-refractivity contribution in [1.29, 1.82) is 0 Å². The summed E-state index contributed by atoms with van der Waals surface area (Å²) in [6, 6.07) is 15.1. The van der Waals surface area contributed by atoms with Crippen LogP contribution >= 0.6 is 0 Å². The predicted octanol–water partition coefficient (Wildman–Crippen LogP) is 6.72. The SMILES string of the molecule is Cc1ccc2c(NC(=O)CC3CCCC3(F)F)cccc2c1Oc1ncccc1-c1ccnc(N[C@H]2CCCNC2)n1. The van der Waals surface area contributed by atoms with E-state index in [0.29, 0.717) is 47.4 Å². The molecule has 2 aromatic heterocycles. The van der Waals surface area contributed by atoms with E-state index in [4.69, 9.17) is 9.72 Å². The number of amides is 1. The highest BCUT2D eigenvalue weighted by molar-refractivity contribution is 6.04. The van der Waals surface area contributed by atoms with Gasteiger partial charge in [-0.3, -0.25) is 4.79 Å². The van der Waals surface area contributed by atoms with Crippen molar-refractivity contribution in [3.05, 3.63) is 66.5 Å². The minimum Gasteiger partial charge on any atom is -0.437 e. The Kier molecular flexibility index (Phi) is 7.97. The van der Waals surface area contributed by atoms with Crippen molar-refractivity contribution in [3.63, 3.8) is 0 Å². The van der Waals surface area contributed by atoms with Crippen LogP contribution in [0.2, 0.25) is 0 Å². The summed E-state index contributed by atoms with van der Waals surface area (Å²) in [7, 11) is 0. The Morgan fingerprint density at radius 2 is 1.95 bits per heavy atom. The van der Waals surface area contributed by atoms with E-state index in [1.54, 1.807) is 18.5 Å². The number of alkyl halides is 2. The van der Waals surface area contributed by atoms with E-state index in [9.17, 15) is 13.6 Å². The molecule has 1 aliphatic carbocycles. The van der Waals surface area contributed by atoms with Gasteiger partial charge in [0.2, 0.25) is 17.7 Å². The fraction of sp³-hybridized carbons (Fsp3) is 0.375. The summed E-state index contributed by atoms with van der Waals surface area (Å²) in [6.07, 6.45) is 5.99. The quantitative estimate of drug-likeness (QED) is 0.215. The minimum atomic E-state index is -2.79. The van der Waals surface area contributed by atoms with Crippen LogP contribution in [-0.4, -0.2) is 45.9 Å². The number of benzene rings is 2. The molecule has 2 aromatic carbocycles. The number of fused-ring (bicyclic) bond motifs is 1. The average Bonchev–Trinajstić information content (AvgIpc) is 3.32. The number of carbonyl (C=O) groups excluding carboxylic acids is 1. The lowest BCUT2D eigenvalue weighted by Crippen LogP contribution is -2.38. The van der Waals surface area contributed by atoms with Crippen LogP contribution in [0.4, 0.5) is 20.4 Å². The van der Waals surface area contributed by atoms with Crippen molar-refractivity contribution < 1.29 is 18.3 Å². The number of pyridine rings is 1. The first-order valence-corrected chi connectivity index (χ1v) is 14.5. The fourth-order valence-electron chi connectivity index (χ4n) is 5.86. The number of ether oxygens (including phenoxy) is 1. The van der Waals surface area contributed by atoms with Gasteiger partial charge in [-0.05, 0) is 69.0 Å². The normalized spacial score (nSPS) is 19.9. The standard InChI is InChI=1S/C32H34F2N6O2/c1-20-11-12-23-24(8-2-10-26(23)39-28(41)18-21-6-3-14-32(21,33)34)29(20)42-30-25(9-5-16-36-30)27-13-17-37-31(40-27)38-22-7-4-15-35-19-22/h2,5,8-13,16-17,21-22,35H,3-4,6-7,14-15,18-19H2,1H3,(H,39,41)(H,37,38,40)/t21?,22-/m0/s1. The molecule has 1 saturated heterocycles. The molecule has 4 aromatic rings. The van der Waals surface area contributed by atoms with Gasteiger partial charge in [0, 0.05) is 60.2 Å². The number of aromatic nitrogens is 3. The summed E-state index contributed by atoms with van der Waals surface area (Å²) in [5.41, 5.74) is 2.81. The molecule has 42 heavy (non-hydrogen) atoms. The van der Waals surface area contributed by atoms with E-state index >= 15 is 0 Å². The smallest absolute Gasteiger partial charge is 0.251 e.